The molecule has 6 heteroatoms. The Balaban J connectivity index is 1.79. The highest BCUT2D eigenvalue weighted by molar-refractivity contribution is 7.88. The molecule has 2 atom stereocenters. The third-order valence-electron chi connectivity index (χ3n) is 5.40. The van der Waals surface area contributed by atoms with E-state index < -0.39 is 10.0 Å². The van der Waals surface area contributed by atoms with Gasteiger partial charge in [0.1, 0.15) is 5.75 Å². The molecule has 1 saturated heterocycles. The van der Waals surface area contributed by atoms with Crippen molar-refractivity contribution >= 4 is 10.0 Å². The molecule has 5 nitrogen and oxygen atoms in total. The minimum absolute atomic E-state index is 0.0619. The highest BCUT2D eigenvalue weighted by atomic mass is 32.2. The second-order valence-electron chi connectivity index (χ2n) is 7.79. The molecule has 1 heterocycles. The molecule has 0 saturated carbocycles. The molecule has 0 N–H and O–H groups in total. The molecule has 1 aliphatic rings. The Morgan fingerprint density at radius 2 is 1.86 bits per heavy atom. The molecule has 152 valence electrons. The van der Waals surface area contributed by atoms with Crippen LogP contribution in [-0.4, -0.2) is 58.5 Å². The first-order valence-corrected chi connectivity index (χ1v) is 11.3. The van der Waals surface area contributed by atoms with Crippen LogP contribution in [0.3, 0.4) is 0 Å². The summed E-state index contributed by atoms with van der Waals surface area (Å²) in [5.74, 6) is 1.47. The highest BCUT2D eigenvalue weighted by Gasteiger charge is 2.35. The summed E-state index contributed by atoms with van der Waals surface area (Å²) in [6.07, 6.45) is 0.819. The van der Waals surface area contributed by atoms with Crippen LogP contribution in [0.2, 0.25) is 0 Å². The van der Waals surface area contributed by atoms with Gasteiger partial charge in [0.2, 0.25) is 10.0 Å². The fraction of sp³-hybridized carbons (Fsp3) is 0.455. The molecule has 0 aromatic heterocycles. The number of sulfonamides is 1. The van der Waals surface area contributed by atoms with Gasteiger partial charge in [0.05, 0.1) is 12.9 Å². The first kappa shape index (κ1) is 20.8. The van der Waals surface area contributed by atoms with Crippen LogP contribution in [0.15, 0.2) is 54.6 Å². The fourth-order valence-corrected chi connectivity index (χ4v) is 5.69. The number of methoxy groups -OCH3 is 1. The van der Waals surface area contributed by atoms with E-state index >= 15 is 0 Å². The molecular weight excluding hydrogens is 372 g/mol. The summed E-state index contributed by atoms with van der Waals surface area (Å²) in [5.41, 5.74) is 2.06. The number of hydrogen-bond acceptors (Lipinski definition) is 4. The van der Waals surface area contributed by atoms with E-state index in [0.29, 0.717) is 19.0 Å². The summed E-state index contributed by atoms with van der Waals surface area (Å²) in [4.78, 5) is 2.14. The first-order chi connectivity index (χ1) is 13.4. The van der Waals surface area contributed by atoms with Crippen LogP contribution in [0.25, 0.3) is 0 Å². The van der Waals surface area contributed by atoms with Gasteiger partial charge in [-0.25, -0.2) is 12.7 Å². The molecule has 2 aromatic carbocycles. The third-order valence-corrected chi connectivity index (χ3v) is 7.22. The molecule has 0 aliphatic carbocycles. The van der Waals surface area contributed by atoms with Crippen molar-refractivity contribution in [2.24, 2.45) is 5.92 Å². The summed E-state index contributed by atoms with van der Waals surface area (Å²) in [7, 11) is 2.43. The van der Waals surface area contributed by atoms with Crippen molar-refractivity contribution in [1.29, 1.82) is 0 Å². The van der Waals surface area contributed by atoms with Gasteiger partial charge < -0.3 is 9.64 Å². The molecular formula is C22H30N2O3S. The van der Waals surface area contributed by atoms with Crippen LogP contribution >= 0.6 is 0 Å². The predicted molar refractivity (Wildman–Crippen MR) is 113 cm³/mol. The molecule has 0 spiro atoms. The van der Waals surface area contributed by atoms with Crippen LogP contribution in [0, 0.1) is 5.92 Å². The van der Waals surface area contributed by atoms with E-state index in [-0.39, 0.29) is 11.7 Å². The Labute approximate surface area is 169 Å². The van der Waals surface area contributed by atoms with Gasteiger partial charge in [-0.1, -0.05) is 42.5 Å². The van der Waals surface area contributed by atoms with Crippen molar-refractivity contribution in [3.8, 4) is 5.75 Å². The van der Waals surface area contributed by atoms with Crippen molar-refractivity contribution in [1.82, 2.24) is 9.21 Å². The van der Waals surface area contributed by atoms with Gasteiger partial charge in [0, 0.05) is 19.6 Å². The Bertz CT molecular complexity index is 868. The molecule has 1 aliphatic heterocycles. The molecule has 0 unspecified atom stereocenters. The Kier molecular flexibility index (Phi) is 6.75. The SMILES string of the molecule is COc1cccc([C@H]2CCN(S(=O)(=O)Cc3ccccc3)C[C@H]2CN(C)C)c1. The minimum Gasteiger partial charge on any atom is -0.497 e. The summed E-state index contributed by atoms with van der Waals surface area (Å²) >= 11 is 0. The Hall–Kier alpha value is -1.89. The number of ether oxygens (including phenoxy) is 1. The third kappa shape index (κ3) is 5.13. The van der Waals surface area contributed by atoms with Crippen molar-refractivity contribution in [2.75, 3.05) is 40.8 Å². The molecule has 0 amide bonds. The lowest BCUT2D eigenvalue weighted by Crippen LogP contribution is -2.46. The van der Waals surface area contributed by atoms with Gasteiger partial charge in [-0.15, -0.1) is 0 Å². The molecule has 0 radical (unpaired) electrons. The maximum Gasteiger partial charge on any atom is 0.218 e. The number of hydrogen-bond donors (Lipinski definition) is 0. The topological polar surface area (TPSA) is 49.9 Å². The molecule has 1 fully saturated rings. The van der Waals surface area contributed by atoms with Crippen molar-refractivity contribution in [3.05, 3.63) is 65.7 Å². The van der Waals surface area contributed by atoms with E-state index in [1.54, 1.807) is 11.4 Å². The van der Waals surface area contributed by atoms with E-state index in [2.05, 4.69) is 17.0 Å². The Morgan fingerprint density at radius 3 is 2.54 bits per heavy atom. The summed E-state index contributed by atoms with van der Waals surface area (Å²) < 4.78 is 33.1. The zero-order chi connectivity index (χ0) is 20.1. The van der Waals surface area contributed by atoms with Crippen molar-refractivity contribution in [3.63, 3.8) is 0 Å². The largest absolute Gasteiger partial charge is 0.497 e. The quantitative estimate of drug-likeness (QED) is 0.714. The number of rotatable bonds is 7. The second-order valence-corrected chi connectivity index (χ2v) is 9.76. The van der Waals surface area contributed by atoms with E-state index in [4.69, 9.17) is 4.74 Å². The minimum atomic E-state index is -3.33. The summed E-state index contributed by atoms with van der Waals surface area (Å²) in [6.45, 7) is 1.95. The standard InChI is InChI=1S/C22H30N2O3S/c1-23(2)15-20-16-24(28(25,26)17-18-8-5-4-6-9-18)13-12-22(20)19-10-7-11-21(14-19)27-3/h4-11,14,20,22H,12-13,15-17H2,1-3H3/t20-,22-/m1/s1. The van der Waals surface area contributed by atoms with Crippen LogP contribution in [0.5, 0.6) is 5.75 Å². The van der Waals surface area contributed by atoms with E-state index in [1.807, 2.05) is 56.6 Å². The molecule has 2 aromatic rings. The fourth-order valence-electron chi connectivity index (χ4n) is 4.09. The maximum absolute atomic E-state index is 13.0. The maximum atomic E-state index is 13.0. The lowest BCUT2D eigenvalue weighted by atomic mass is 9.81. The highest BCUT2D eigenvalue weighted by Crippen LogP contribution is 2.36. The van der Waals surface area contributed by atoms with Gasteiger partial charge in [-0.05, 0) is 55.6 Å². The van der Waals surface area contributed by atoms with Gasteiger partial charge in [-0.2, -0.15) is 0 Å². The van der Waals surface area contributed by atoms with Gasteiger partial charge in [-0.3, -0.25) is 0 Å². The smallest absolute Gasteiger partial charge is 0.218 e. The monoisotopic (exact) mass is 402 g/mol. The van der Waals surface area contributed by atoms with Gasteiger partial charge in [0.25, 0.3) is 0 Å². The van der Waals surface area contributed by atoms with Crippen molar-refractivity contribution < 1.29 is 13.2 Å². The average molecular weight is 403 g/mol. The molecule has 0 bridgehead atoms. The van der Waals surface area contributed by atoms with E-state index in [9.17, 15) is 8.42 Å². The lowest BCUT2D eigenvalue weighted by molar-refractivity contribution is 0.191. The number of piperidine rings is 1. The van der Waals surface area contributed by atoms with Gasteiger partial charge in [0.15, 0.2) is 0 Å². The number of nitrogens with zero attached hydrogens (tertiary/aromatic N) is 2. The molecule has 28 heavy (non-hydrogen) atoms. The zero-order valence-electron chi connectivity index (χ0n) is 16.9. The van der Waals surface area contributed by atoms with Gasteiger partial charge >= 0.3 is 0 Å². The Morgan fingerprint density at radius 1 is 1.11 bits per heavy atom. The molecule has 3 rings (SSSR count). The summed E-state index contributed by atoms with van der Waals surface area (Å²) in [6, 6.07) is 17.6. The van der Waals surface area contributed by atoms with Crippen LogP contribution in [0.1, 0.15) is 23.5 Å². The predicted octanol–water partition coefficient (Wildman–Crippen LogP) is 3.19. The number of benzene rings is 2. The van der Waals surface area contributed by atoms with Crippen LogP contribution in [-0.2, 0) is 15.8 Å². The normalized spacial score (nSPS) is 21.0. The summed E-state index contributed by atoms with van der Waals surface area (Å²) in [5, 5.41) is 0. The van der Waals surface area contributed by atoms with Crippen LogP contribution < -0.4 is 4.74 Å². The van der Waals surface area contributed by atoms with E-state index in [1.165, 1.54) is 5.56 Å². The average Bonchev–Trinajstić information content (AvgIpc) is 2.68. The van der Waals surface area contributed by atoms with E-state index in [0.717, 1.165) is 24.3 Å². The first-order valence-electron chi connectivity index (χ1n) is 9.69. The second kappa shape index (κ2) is 9.07. The lowest BCUT2D eigenvalue weighted by Gasteiger charge is -2.39. The van der Waals surface area contributed by atoms with Crippen molar-refractivity contribution in [2.45, 2.75) is 18.1 Å². The zero-order valence-corrected chi connectivity index (χ0v) is 17.7. The van der Waals surface area contributed by atoms with Crippen LogP contribution in [0.4, 0.5) is 0 Å².